The molecule has 2 rings (SSSR count). The number of carbonyl (C=O) groups is 1. The maximum absolute atomic E-state index is 13.7. The van der Waals surface area contributed by atoms with Gasteiger partial charge in [0.1, 0.15) is 5.82 Å². The second kappa shape index (κ2) is 5.48. The number of rotatable bonds is 4. The Hall–Kier alpha value is -2.43. The number of pyridine rings is 1. The van der Waals surface area contributed by atoms with Crippen molar-refractivity contribution < 1.29 is 14.3 Å². The van der Waals surface area contributed by atoms with Crippen LogP contribution in [0.1, 0.15) is 28.9 Å². The molecule has 0 saturated carbocycles. The van der Waals surface area contributed by atoms with Gasteiger partial charge in [-0.15, -0.1) is 0 Å². The third-order valence-corrected chi connectivity index (χ3v) is 2.77. The Bertz CT molecular complexity index is 587. The minimum absolute atomic E-state index is 0.0721. The van der Waals surface area contributed by atoms with Crippen molar-refractivity contribution >= 4 is 11.7 Å². The number of aromatic carboxylic acids is 1. The molecule has 2 N–H and O–H groups in total. The molecular weight excluding hydrogens is 247 g/mol. The molecule has 0 spiro atoms. The highest BCUT2D eigenvalue weighted by atomic mass is 19.1. The Kier molecular flexibility index (Phi) is 3.75. The van der Waals surface area contributed by atoms with Crippen LogP contribution in [0.4, 0.5) is 10.1 Å². The van der Waals surface area contributed by atoms with Crippen LogP contribution in [0, 0.1) is 5.82 Å². The van der Waals surface area contributed by atoms with Gasteiger partial charge in [0.15, 0.2) is 0 Å². The molecule has 1 atom stereocenters. The zero-order valence-electron chi connectivity index (χ0n) is 10.3. The van der Waals surface area contributed by atoms with Gasteiger partial charge in [-0.1, -0.05) is 6.07 Å². The lowest BCUT2D eigenvalue weighted by molar-refractivity contribution is 0.0696. The number of aromatic nitrogens is 1. The number of carboxylic acids is 1. The van der Waals surface area contributed by atoms with Crippen molar-refractivity contribution in [2.24, 2.45) is 0 Å². The Morgan fingerprint density at radius 2 is 2.21 bits per heavy atom. The fourth-order valence-electron chi connectivity index (χ4n) is 1.71. The van der Waals surface area contributed by atoms with E-state index in [0.717, 1.165) is 11.6 Å². The molecule has 1 aromatic heterocycles. The van der Waals surface area contributed by atoms with Crippen LogP contribution in [-0.2, 0) is 0 Å². The molecule has 4 nitrogen and oxygen atoms in total. The molecule has 0 fully saturated rings. The van der Waals surface area contributed by atoms with Crippen LogP contribution >= 0.6 is 0 Å². The molecule has 0 amide bonds. The fourth-order valence-corrected chi connectivity index (χ4v) is 1.71. The van der Waals surface area contributed by atoms with Crippen LogP contribution in [0.25, 0.3) is 0 Å². The van der Waals surface area contributed by atoms with Crippen LogP contribution in [0.3, 0.4) is 0 Å². The summed E-state index contributed by atoms with van der Waals surface area (Å²) in [6.45, 7) is 1.88. The van der Waals surface area contributed by atoms with Crippen molar-refractivity contribution in [3.8, 4) is 0 Å². The van der Waals surface area contributed by atoms with E-state index in [-0.39, 0.29) is 17.3 Å². The van der Waals surface area contributed by atoms with E-state index in [0.29, 0.717) is 0 Å². The zero-order chi connectivity index (χ0) is 13.8. The summed E-state index contributed by atoms with van der Waals surface area (Å²) >= 11 is 0. The number of carboxylic acid groups (broad SMARTS) is 1. The van der Waals surface area contributed by atoms with E-state index in [1.807, 2.05) is 13.0 Å². The molecule has 0 bridgehead atoms. The quantitative estimate of drug-likeness (QED) is 0.886. The SMILES string of the molecule is CC(Nc1ccc(C(=O)O)cc1F)c1cccnc1. The molecule has 1 aromatic carbocycles. The summed E-state index contributed by atoms with van der Waals surface area (Å²) in [5.74, 6) is -1.73. The smallest absolute Gasteiger partial charge is 0.335 e. The minimum Gasteiger partial charge on any atom is -0.478 e. The molecule has 0 radical (unpaired) electrons. The van der Waals surface area contributed by atoms with Gasteiger partial charge in [-0.05, 0) is 36.8 Å². The van der Waals surface area contributed by atoms with Gasteiger partial charge < -0.3 is 10.4 Å². The summed E-state index contributed by atoms with van der Waals surface area (Å²) in [6.07, 6.45) is 3.36. The van der Waals surface area contributed by atoms with Gasteiger partial charge in [-0.3, -0.25) is 4.98 Å². The Labute approximate surface area is 109 Å². The van der Waals surface area contributed by atoms with E-state index in [4.69, 9.17) is 5.11 Å². The zero-order valence-corrected chi connectivity index (χ0v) is 10.3. The van der Waals surface area contributed by atoms with Gasteiger partial charge in [-0.25, -0.2) is 9.18 Å². The normalized spacial score (nSPS) is 11.9. The van der Waals surface area contributed by atoms with E-state index in [1.54, 1.807) is 18.5 Å². The van der Waals surface area contributed by atoms with Crippen molar-refractivity contribution in [1.82, 2.24) is 4.98 Å². The van der Waals surface area contributed by atoms with Crippen LogP contribution in [-0.4, -0.2) is 16.1 Å². The number of anilines is 1. The summed E-state index contributed by atoms with van der Waals surface area (Å²) in [7, 11) is 0. The van der Waals surface area contributed by atoms with Crippen molar-refractivity contribution in [3.05, 3.63) is 59.7 Å². The molecule has 0 saturated heterocycles. The number of halogens is 1. The van der Waals surface area contributed by atoms with E-state index < -0.39 is 11.8 Å². The average Bonchev–Trinajstić information content (AvgIpc) is 2.41. The second-order valence-electron chi connectivity index (χ2n) is 4.15. The third kappa shape index (κ3) is 3.07. The van der Waals surface area contributed by atoms with Crippen molar-refractivity contribution in [3.63, 3.8) is 0 Å². The summed E-state index contributed by atoms with van der Waals surface area (Å²) in [6, 6.07) is 7.35. The summed E-state index contributed by atoms with van der Waals surface area (Å²) in [5, 5.41) is 11.7. The molecule has 5 heteroatoms. The lowest BCUT2D eigenvalue weighted by atomic mass is 10.1. The molecule has 0 aliphatic rings. The van der Waals surface area contributed by atoms with Crippen molar-refractivity contribution in [2.45, 2.75) is 13.0 Å². The Morgan fingerprint density at radius 1 is 1.42 bits per heavy atom. The van der Waals surface area contributed by atoms with E-state index in [2.05, 4.69) is 10.3 Å². The number of hydrogen-bond acceptors (Lipinski definition) is 3. The topological polar surface area (TPSA) is 62.2 Å². The lowest BCUT2D eigenvalue weighted by Gasteiger charge is -2.16. The maximum atomic E-state index is 13.7. The monoisotopic (exact) mass is 260 g/mol. The first-order chi connectivity index (χ1) is 9.08. The van der Waals surface area contributed by atoms with E-state index in [9.17, 15) is 9.18 Å². The summed E-state index contributed by atoms with van der Waals surface area (Å²) in [5.41, 5.74) is 1.11. The molecule has 1 unspecified atom stereocenters. The summed E-state index contributed by atoms with van der Waals surface area (Å²) in [4.78, 5) is 14.7. The van der Waals surface area contributed by atoms with Gasteiger partial charge in [0.2, 0.25) is 0 Å². The van der Waals surface area contributed by atoms with Crippen molar-refractivity contribution in [1.29, 1.82) is 0 Å². The standard InChI is InChI=1S/C14H13FN2O2/c1-9(11-3-2-6-16-8-11)17-13-5-4-10(14(18)19)7-12(13)15/h2-9,17H,1H3,(H,18,19). The highest BCUT2D eigenvalue weighted by Crippen LogP contribution is 2.22. The second-order valence-corrected chi connectivity index (χ2v) is 4.15. The van der Waals surface area contributed by atoms with Crippen LogP contribution in [0.5, 0.6) is 0 Å². The molecule has 19 heavy (non-hydrogen) atoms. The molecule has 2 aromatic rings. The molecule has 98 valence electrons. The molecule has 0 aliphatic heterocycles. The van der Waals surface area contributed by atoms with Gasteiger partial charge in [0.25, 0.3) is 0 Å². The first-order valence-corrected chi connectivity index (χ1v) is 5.77. The van der Waals surface area contributed by atoms with E-state index in [1.165, 1.54) is 12.1 Å². The predicted molar refractivity (Wildman–Crippen MR) is 69.6 cm³/mol. The molecule has 0 aliphatic carbocycles. The fraction of sp³-hybridized carbons (Fsp3) is 0.143. The van der Waals surface area contributed by atoms with Gasteiger partial charge in [0, 0.05) is 12.4 Å². The first kappa shape index (κ1) is 13.0. The van der Waals surface area contributed by atoms with Gasteiger partial charge in [0.05, 0.1) is 17.3 Å². The average molecular weight is 260 g/mol. The van der Waals surface area contributed by atoms with Gasteiger partial charge in [-0.2, -0.15) is 0 Å². The predicted octanol–water partition coefficient (Wildman–Crippen LogP) is 3.09. The molecule has 1 heterocycles. The van der Waals surface area contributed by atoms with Gasteiger partial charge >= 0.3 is 5.97 Å². The minimum atomic E-state index is -1.15. The Morgan fingerprint density at radius 3 is 2.79 bits per heavy atom. The highest BCUT2D eigenvalue weighted by Gasteiger charge is 2.11. The first-order valence-electron chi connectivity index (χ1n) is 5.77. The third-order valence-electron chi connectivity index (χ3n) is 2.77. The summed E-state index contributed by atoms with van der Waals surface area (Å²) < 4.78 is 13.7. The molecular formula is C14H13FN2O2. The van der Waals surface area contributed by atoms with E-state index >= 15 is 0 Å². The lowest BCUT2D eigenvalue weighted by Crippen LogP contribution is -2.09. The number of nitrogens with one attached hydrogen (secondary N) is 1. The van der Waals surface area contributed by atoms with Crippen LogP contribution < -0.4 is 5.32 Å². The van der Waals surface area contributed by atoms with Crippen LogP contribution in [0.2, 0.25) is 0 Å². The largest absolute Gasteiger partial charge is 0.478 e. The number of hydrogen-bond donors (Lipinski definition) is 2. The van der Waals surface area contributed by atoms with Crippen LogP contribution in [0.15, 0.2) is 42.7 Å². The number of benzene rings is 1. The maximum Gasteiger partial charge on any atom is 0.335 e. The Balaban J connectivity index is 2.18. The number of nitrogens with zero attached hydrogens (tertiary/aromatic N) is 1. The van der Waals surface area contributed by atoms with Crippen molar-refractivity contribution in [2.75, 3.05) is 5.32 Å². The highest BCUT2D eigenvalue weighted by molar-refractivity contribution is 5.88.